The van der Waals surface area contributed by atoms with E-state index in [2.05, 4.69) is 16.0 Å². The highest BCUT2D eigenvalue weighted by atomic mass is 35.5. The normalized spacial score (nSPS) is 17.0. The number of hydrogen-bond acceptors (Lipinski definition) is 5. The SMILES string of the molecule is CNC.COC(=O)C1CC(NC(=O)Cc2ccc(C)cc2)c2c(Cl)cc(Cl)cc2N1. The van der Waals surface area contributed by atoms with Crippen LogP contribution < -0.4 is 16.0 Å². The molecule has 2 aromatic rings. The van der Waals surface area contributed by atoms with Crippen LogP contribution >= 0.6 is 23.2 Å². The Balaban J connectivity index is 0.00000101. The first-order valence-electron chi connectivity index (χ1n) is 9.55. The summed E-state index contributed by atoms with van der Waals surface area (Å²) in [7, 11) is 5.08. The van der Waals surface area contributed by atoms with Gasteiger partial charge in [-0.15, -0.1) is 0 Å². The van der Waals surface area contributed by atoms with Crippen molar-refractivity contribution < 1.29 is 14.3 Å². The van der Waals surface area contributed by atoms with E-state index in [1.165, 1.54) is 7.11 Å². The van der Waals surface area contributed by atoms with Crippen molar-refractivity contribution in [2.45, 2.75) is 31.8 Å². The third-order valence-corrected chi connectivity index (χ3v) is 5.08. The van der Waals surface area contributed by atoms with Crippen LogP contribution in [-0.2, 0) is 20.7 Å². The van der Waals surface area contributed by atoms with Crippen LogP contribution in [0.2, 0.25) is 10.0 Å². The Morgan fingerprint density at radius 1 is 1.17 bits per heavy atom. The van der Waals surface area contributed by atoms with Crippen LogP contribution in [0.1, 0.15) is 29.2 Å². The molecule has 0 saturated carbocycles. The predicted octanol–water partition coefficient (Wildman–Crippen LogP) is 3.89. The van der Waals surface area contributed by atoms with Gasteiger partial charge in [0.2, 0.25) is 5.91 Å². The fourth-order valence-corrected chi connectivity index (χ4v) is 3.85. The monoisotopic (exact) mass is 451 g/mol. The van der Waals surface area contributed by atoms with E-state index in [0.717, 1.165) is 16.7 Å². The summed E-state index contributed by atoms with van der Waals surface area (Å²) in [6.45, 7) is 2.00. The quantitative estimate of drug-likeness (QED) is 0.614. The predicted molar refractivity (Wildman–Crippen MR) is 121 cm³/mol. The number of anilines is 1. The zero-order chi connectivity index (χ0) is 22.3. The standard InChI is InChI=1S/C20H20Cl2N2O3.C2H7N/c1-11-3-5-12(6-4-11)7-18(25)24-16-10-17(20(26)27-2)23-15-9-13(21)8-14(22)19(15)16;1-3-2/h3-6,8-9,16-17,23H,7,10H2,1-2H3,(H,24,25);3H,1-2H3. The number of carbonyl (C=O) groups is 2. The maximum atomic E-state index is 12.6. The molecular formula is C22H27Cl2N3O3. The van der Waals surface area contributed by atoms with E-state index in [4.69, 9.17) is 27.9 Å². The molecule has 0 saturated heterocycles. The van der Waals surface area contributed by atoms with Gasteiger partial charge in [0.05, 0.1) is 19.6 Å². The van der Waals surface area contributed by atoms with Gasteiger partial charge in [-0.25, -0.2) is 4.79 Å². The highest BCUT2D eigenvalue weighted by Crippen LogP contribution is 2.40. The first kappa shape index (κ1) is 24.0. The maximum absolute atomic E-state index is 12.6. The molecular weight excluding hydrogens is 425 g/mol. The second-order valence-electron chi connectivity index (χ2n) is 7.09. The molecule has 8 heteroatoms. The molecule has 0 bridgehead atoms. The molecule has 1 aliphatic heterocycles. The third kappa shape index (κ3) is 6.36. The van der Waals surface area contributed by atoms with Crippen LogP contribution in [0.4, 0.5) is 5.69 Å². The second-order valence-corrected chi connectivity index (χ2v) is 7.93. The van der Waals surface area contributed by atoms with Crippen molar-refractivity contribution in [3.8, 4) is 0 Å². The highest BCUT2D eigenvalue weighted by molar-refractivity contribution is 6.35. The molecule has 1 aliphatic rings. The molecule has 2 unspecified atom stereocenters. The van der Waals surface area contributed by atoms with Crippen molar-refractivity contribution >= 4 is 40.8 Å². The zero-order valence-electron chi connectivity index (χ0n) is 17.5. The lowest BCUT2D eigenvalue weighted by molar-refractivity contribution is -0.142. The van der Waals surface area contributed by atoms with Crippen LogP contribution in [0.3, 0.4) is 0 Å². The number of benzene rings is 2. The number of esters is 1. The van der Waals surface area contributed by atoms with Gasteiger partial charge in [-0.2, -0.15) is 0 Å². The molecule has 1 amide bonds. The lowest BCUT2D eigenvalue weighted by atomic mass is 9.92. The number of rotatable bonds is 4. The molecule has 0 aromatic heterocycles. The molecule has 2 aromatic carbocycles. The van der Waals surface area contributed by atoms with Crippen LogP contribution in [0.25, 0.3) is 0 Å². The Labute approximate surface area is 187 Å². The smallest absolute Gasteiger partial charge is 0.328 e. The largest absolute Gasteiger partial charge is 0.467 e. The number of fused-ring (bicyclic) bond motifs is 1. The molecule has 162 valence electrons. The molecule has 0 fully saturated rings. The molecule has 6 nitrogen and oxygen atoms in total. The molecule has 2 atom stereocenters. The van der Waals surface area contributed by atoms with Gasteiger partial charge < -0.3 is 20.7 Å². The minimum atomic E-state index is -0.596. The van der Waals surface area contributed by atoms with E-state index in [0.29, 0.717) is 22.2 Å². The van der Waals surface area contributed by atoms with Crippen molar-refractivity contribution in [2.24, 2.45) is 0 Å². The average Bonchev–Trinajstić information content (AvgIpc) is 2.68. The van der Waals surface area contributed by atoms with Crippen LogP contribution in [0, 0.1) is 6.92 Å². The van der Waals surface area contributed by atoms with Crippen molar-refractivity contribution in [3.63, 3.8) is 0 Å². The molecule has 0 aliphatic carbocycles. The van der Waals surface area contributed by atoms with Gasteiger partial charge in [-0.1, -0.05) is 53.0 Å². The first-order valence-corrected chi connectivity index (χ1v) is 10.3. The van der Waals surface area contributed by atoms with E-state index in [1.54, 1.807) is 12.1 Å². The summed E-state index contributed by atoms with van der Waals surface area (Å²) in [5, 5.41) is 9.72. The fourth-order valence-electron chi connectivity index (χ4n) is 3.22. The molecule has 1 heterocycles. The Morgan fingerprint density at radius 2 is 1.80 bits per heavy atom. The number of halogens is 2. The number of ether oxygens (including phenoxy) is 1. The van der Waals surface area contributed by atoms with E-state index in [9.17, 15) is 9.59 Å². The number of methoxy groups -OCH3 is 1. The summed E-state index contributed by atoms with van der Waals surface area (Å²) in [6.07, 6.45) is 0.578. The summed E-state index contributed by atoms with van der Waals surface area (Å²) >= 11 is 12.5. The summed E-state index contributed by atoms with van der Waals surface area (Å²) in [4.78, 5) is 24.6. The number of hydrogen-bond donors (Lipinski definition) is 3. The van der Waals surface area contributed by atoms with Crippen LogP contribution in [0.5, 0.6) is 0 Å². The van der Waals surface area contributed by atoms with E-state index < -0.39 is 18.1 Å². The van der Waals surface area contributed by atoms with Gasteiger partial charge in [0.25, 0.3) is 0 Å². The number of nitrogens with one attached hydrogen (secondary N) is 3. The van der Waals surface area contributed by atoms with Gasteiger partial charge in [0, 0.05) is 27.7 Å². The van der Waals surface area contributed by atoms with Gasteiger partial charge in [0.15, 0.2) is 0 Å². The Hall–Kier alpha value is -2.28. The van der Waals surface area contributed by atoms with E-state index >= 15 is 0 Å². The van der Waals surface area contributed by atoms with Crippen molar-refractivity contribution in [3.05, 3.63) is 63.1 Å². The first-order chi connectivity index (χ1) is 14.3. The van der Waals surface area contributed by atoms with Crippen molar-refractivity contribution in [1.82, 2.24) is 10.6 Å². The second kappa shape index (κ2) is 11.2. The Bertz CT molecular complexity index is 888. The van der Waals surface area contributed by atoms with Gasteiger partial charge in [-0.05, 0) is 38.7 Å². The summed E-state index contributed by atoms with van der Waals surface area (Å²) in [5.41, 5.74) is 3.39. The van der Waals surface area contributed by atoms with Crippen LogP contribution in [-0.4, -0.2) is 39.1 Å². The minimum absolute atomic E-state index is 0.147. The fraction of sp³-hybridized carbons (Fsp3) is 0.364. The van der Waals surface area contributed by atoms with Gasteiger partial charge >= 0.3 is 5.97 Å². The van der Waals surface area contributed by atoms with Gasteiger partial charge in [0.1, 0.15) is 6.04 Å². The summed E-state index contributed by atoms with van der Waals surface area (Å²) < 4.78 is 4.85. The van der Waals surface area contributed by atoms with E-state index in [-0.39, 0.29) is 12.3 Å². The number of amides is 1. The summed E-state index contributed by atoms with van der Waals surface area (Å²) in [6, 6.07) is 10.1. The molecule has 0 radical (unpaired) electrons. The van der Waals surface area contributed by atoms with Crippen LogP contribution in [0.15, 0.2) is 36.4 Å². The Morgan fingerprint density at radius 3 is 2.40 bits per heavy atom. The molecule has 3 rings (SSSR count). The van der Waals surface area contributed by atoms with Crippen molar-refractivity contribution in [2.75, 3.05) is 26.5 Å². The zero-order valence-corrected chi connectivity index (χ0v) is 19.0. The average molecular weight is 452 g/mol. The van der Waals surface area contributed by atoms with Gasteiger partial charge in [-0.3, -0.25) is 4.79 Å². The molecule has 0 spiro atoms. The topological polar surface area (TPSA) is 79.5 Å². The minimum Gasteiger partial charge on any atom is -0.467 e. The molecule has 3 N–H and O–H groups in total. The third-order valence-electron chi connectivity index (χ3n) is 4.55. The number of carbonyl (C=O) groups excluding carboxylic acids is 2. The highest BCUT2D eigenvalue weighted by Gasteiger charge is 2.34. The molecule has 30 heavy (non-hydrogen) atoms. The summed E-state index contributed by atoms with van der Waals surface area (Å²) in [5.74, 6) is -0.555. The Kier molecular flexibility index (Phi) is 8.96. The maximum Gasteiger partial charge on any atom is 0.328 e. The number of aryl methyl sites for hydroxylation is 1. The van der Waals surface area contributed by atoms with E-state index in [1.807, 2.05) is 45.3 Å². The lowest BCUT2D eigenvalue weighted by Crippen LogP contribution is -2.42. The van der Waals surface area contributed by atoms with Crippen molar-refractivity contribution in [1.29, 1.82) is 0 Å². The lowest BCUT2D eigenvalue weighted by Gasteiger charge is -2.33.